The van der Waals surface area contributed by atoms with Gasteiger partial charge in [0.25, 0.3) is 0 Å². The van der Waals surface area contributed by atoms with E-state index in [1.54, 1.807) is 4.90 Å². The van der Waals surface area contributed by atoms with Crippen molar-refractivity contribution in [3.63, 3.8) is 0 Å². The first-order chi connectivity index (χ1) is 4.72. The van der Waals surface area contributed by atoms with Crippen molar-refractivity contribution in [2.75, 3.05) is 13.6 Å². The summed E-state index contributed by atoms with van der Waals surface area (Å²) in [6.45, 7) is 6.46. The monoisotopic (exact) mass is 142 g/mol. The van der Waals surface area contributed by atoms with Gasteiger partial charge in [0.15, 0.2) is 0 Å². The van der Waals surface area contributed by atoms with Gasteiger partial charge in [-0.05, 0) is 12.8 Å². The fraction of sp³-hybridized carbons (Fsp3) is 0.750. The first kappa shape index (κ1) is 9.47. The summed E-state index contributed by atoms with van der Waals surface area (Å²) in [5.41, 5.74) is 0. The van der Waals surface area contributed by atoms with Gasteiger partial charge in [-0.3, -0.25) is 4.79 Å². The normalized spacial score (nSPS) is 9.50. The summed E-state index contributed by atoms with van der Waals surface area (Å²) in [6.07, 6.45) is 2.39. The zero-order chi connectivity index (χ0) is 7.98. The minimum atomic E-state index is 0.228. The van der Waals surface area contributed by atoms with E-state index in [1.165, 1.54) is 0 Å². The largest absolute Gasteiger partial charge is 0.346 e. The standard InChI is InChI=1S/C8H16NO/c1-4-6-8(10)9(3)7-5-2/h2,4-7H2,1,3H3. The van der Waals surface area contributed by atoms with Crippen LogP contribution in [0.1, 0.15) is 26.2 Å². The lowest BCUT2D eigenvalue weighted by Gasteiger charge is -2.14. The third-order valence-corrected chi connectivity index (χ3v) is 1.38. The van der Waals surface area contributed by atoms with Crippen LogP contribution in [-0.4, -0.2) is 24.4 Å². The average molecular weight is 142 g/mol. The van der Waals surface area contributed by atoms with Crippen LogP contribution in [-0.2, 0) is 4.79 Å². The first-order valence-electron chi connectivity index (χ1n) is 3.75. The van der Waals surface area contributed by atoms with Crippen LogP contribution >= 0.6 is 0 Å². The van der Waals surface area contributed by atoms with E-state index in [9.17, 15) is 4.79 Å². The van der Waals surface area contributed by atoms with Gasteiger partial charge >= 0.3 is 0 Å². The molecular weight excluding hydrogens is 126 g/mol. The van der Waals surface area contributed by atoms with Crippen molar-refractivity contribution in [3.05, 3.63) is 6.92 Å². The van der Waals surface area contributed by atoms with Gasteiger partial charge in [0, 0.05) is 20.0 Å². The molecule has 0 rings (SSSR count). The van der Waals surface area contributed by atoms with E-state index in [4.69, 9.17) is 0 Å². The van der Waals surface area contributed by atoms with E-state index in [0.717, 1.165) is 19.4 Å². The second kappa shape index (κ2) is 5.27. The Morgan fingerprint density at radius 3 is 2.60 bits per heavy atom. The summed E-state index contributed by atoms with van der Waals surface area (Å²) in [5, 5.41) is 0. The lowest BCUT2D eigenvalue weighted by atomic mass is 10.3. The van der Waals surface area contributed by atoms with Crippen LogP contribution < -0.4 is 0 Å². The molecule has 59 valence electrons. The van der Waals surface area contributed by atoms with Crippen molar-refractivity contribution in [1.82, 2.24) is 4.90 Å². The van der Waals surface area contributed by atoms with E-state index in [1.807, 2.05) is 14.0 Å². The van der Waals surface area contributed by atoms with Crippen molar-refractivity contribution >= 4 is 5.91 Å². The SMILES string of the molecule is [CH2]CCN(C)C(=O)CCC. The molecule has 0 aromatic carbocycles. The minimum absolute atomic E-state index is 0.228. The summed E-state index contributed by atoms with van der Waals surface area (Å²) in [6, 6.07) is 0. The Labute approximate surface area is 63.2 Å². The van der Waals surface area contributed by atoms with Gasteiger partial charge in [-0.2, -0.15) is 0 Å². The Morgan fingerprint density at radius 2 is 2.20 bits per heavy atom. The van der Waals surface area contributed by atoms with Crippen molar-refractivity contribution in [1.29, 1.82) is 0 Å². The van der Waals surface area contributed by atoms with Gasteiger partial charge in [0.1, 0.15) is 0 Å². The highest BCUT2D eigenvalue weighted by Crippen LogP contribution is 1.94. The van der Waals surface area contributed by atoms with E-state index in [-0.39, 0.29) is 5.91 Å². The number of hydrogen-bond donors (Lipinski definition) is 0. The van der Waals surface area contributed by atoms with Gasteiger partial charge in [-0.15, -0.1) is 0 Å². The highest BCUT2D eigenvalue weighted by Gasteiger charge is 2.03. The number of rotatable bonds is 4. The van der Waals surface area contributed by atoms with E-state index >= 15 is 0 Å². The maximum absolute atomic E-state index is 11.0. The summed E-state index contributed by atoms with van der Waals surface area (Å²) >= 11 is 0. The van der Waals surface area contributed by atoms with E-state index in [2.05, 4.69) is 6.92 Å². The fourth-order valence-electron chi connectivity index (χ4n) is 0.767. The molecule has 2 nitrogen and oxygen atoms in total. The molecule has 1 amide bonds. The molecule has 2 heteroatoms. The molecule has 0 aliphatic carbocycles. The Morgan fingerprint density at radius 1 is 1.60 bits per heavy atom. The molecule has 0 N–H and O–H groups in total. The Balaban J connectivity index is 3.49. The number of carbonyl (C=O) groups excluding carboxylic acids is 1. The summed E-state index contributed by atoms with van der Waals surface area (Å²) in [7, 11) is 1.82. The second-order valence-corrected chi connectivity index (χ2v) is 2.42. The summed E-state index contributed by atoms with van der Waals surface area (Å²) in [5.74, 6) is 0.228. The van der Waals surface area contributed by atoms with Crippen LogP contribution in [0.4, 0.5) is 0 Å². The summed E-state index contributed by atoms with van der Waals surface area (Å²) in [4.78, 5) is 12.8. The van der Waals surface area contributed by atoms with Crippen molar-refractivity contribution in [3.8, 4) is 0 Å². The third kappa shape index (κ3) is 3.49. The molecule has 0 bridgehead atoms. The molecule has 1 radical (unpaired) electrons. The van der Waals surface area contributed by atoms with Crippen molar-refractivity contribution in [2.24, 2.45) is 0 Å². The Bertz CT molecular complexity index is 101. The van der Waals surface area contributed by atoms with Gasteiger partial charge < -0.3 is 4.90 Å². The molecule has 10 heavy (non-hydrogen) atoms. The van der Waals surface area contributed by atoms with Crippen molar-refractivity contribution in [2.45, 2.75) is 26.2 Å². The molecular formula is C8H16NO. The lowest BCUT2D eigenvalue weighted by Crippen LogP contribution is -2.26. The molecule has 0 aliphatic heterocycles. The van der Waals surface area contributed by atoms with Crippen LogP contribution in [0.15, 0.2) is 0 Å². The minimum Gasteiger partial charge on any atom is -0.346 e. The number of nitrogens with zero attached hydrogens (tertiary/aromatic N) is 1. The van der Waals surface area contributed by atoms with Gasteiger partial charge in [0.2, 0.25) is 5.91 Å². The number of hydrogen-bond acceptors (Lipinski definition) is 1. The Kier molecular flexibility index (Phi) is 4.99. The van der Waals surface area contributed by atoms with Crippen LogP contribution in [0.3, 0.4) is 0 Å². The van der Waals surface area contributed by atoms with E-state index in [0.29, 0.717) is 6.42 Å². The Hall–Kier alpha value is -0.530. The molecule has 0 aliphatic rings. The van der Waals surface area contributed by atoms with Crippen LogP contribution in [0, 0.1) is 6.92 Å². The molecule has 0 saturated heterocycles. The third-order valence-electron chi connectivity index (χ3n) is 1.38. The predicted octanol–water partition coefficient (Wildman–Crippen LogP) is 1.47. The fourth-order valence-corrected chi connectivity index (χ4v) is 0.767. The first-order valence-corrected chi connectivity index (χ1v) is 3.75. The highest BCUT2D eigenvalue weighted by molar-refractivity contribution is 5.75. The zero-order valence-electron chi connectivity index (χ0n) is 6.89. The van der Waals surface area contributed by atoms with Gasteiger partial charge in [0.05, 0.1) is 0 Å². The zero-order valence-corrected chi connectivity index (χ0v) is 6.89. The molecule has 0 spiro atoms. The van der Waals surface area contributed by atoms with Gasteiger partial charge in [-0.1, -0.05) is 13.8 Å². The quantitative estimate of drug-likeness (QED) is 0.582. The molecule has 0 unspecified atom stereocenters. The topological polar surface area (TPSA) is 20.3 Å². The second-order valence-electron chi connectivity index (χ2n) is 2.42. The molecule has 0 aromatic heterocycles. The van der Waals surface area contributed by atoms with Gasteiger partial charge in [-0.25, -0.2) is 0 Å². The van der Waals surface area contributed by atoms with Crippen LogP contribution in [0.2, 0.25) is 0 Å². The number of amides is 1. The smallest absolute Gasteiger partial charge is 0.222 e. The van der Waals surface area contributed by atoms with Crippen LogP contribution in [0.5, 0.6) is 0 Å². The molecule has 0 atom stereocenters. The molecule has 0 aromatic rings. The van der Waals surface area contributed by atoms with Crippen LogP contribution in [0.25, 0.3) is 0 Å². The molecule has 0 saturated carbocycles. The average Bonchev–Trinajstić information content (AvgIpc) is 1.89. The van der Waals surface area contributed by atoms with E-state index < -0.39 is 0 Å². The highest BCUT2D eigenvalue weighted by atomic mass is 16.2. The lowest BCUT2D eigenvalue weighted by molar-refractivity contribution is -0.129. The number of carbonyl (C=O) groups is 1. The maximum atomic E-state index is 11.0. The predicted molar refractivity (Wildman–Crippen MR) is 42.5 cm³/mol. The van der Waals surface area contributed by atoms with Crippen molar-refractivity contribution < 1.29 is 4.79 Å². The molecule has 0 heterocycles. The maximum Gasteiger partial charge on any atom is 0.222 e. The molecule has 0 fully saturated rings. The summed E-state index contributed by atoms with van der Waals surface area (Å²) < 4.78 is 0.